The third-order valence-corrected chi connectivity index (χ3v) is 8.77. The van der Waals surface area contributed by atoms with Crippen LogP contribution in [-0.4, -0.2) is 68.2 Å². The lowest BCUT2D eigenvalue weighted by atomic mass is 9.99. The minimum absolute atomic E-state index is 0.00987. The highest BCUT2D eigenvalue weighted by Crippen LogP contribution is 2.48. The lowest BCUT2D eigenvalue weighted by molar-refractivity contribution is -0.149. The van der Waals surface area contributed by atoms with E-state index in [0.717, 1.165) is 0 Å². The SMILES string of the molecule is C#C[C@]1(CO[P@@](=O)(N[C@@H](C)C(=O)OC(C)C)Oc2ccccc2)O[C@@H](n2cnc3c(N)nc(F)nc32)C[C@@H]1OC(=O)OC(CC)CC. The lowest BCUT2D eigenvalue weighted by Crippen LogP contribution is -2.46. The third-order valence-electron chi connectivity index (χ3n) is 7.14. The Morgan fingerprint density at radius 1 is 1.21 bits per heavy atom. The molecule has 1 aliphatic rings. The van der Waals surface area contributed by atoms with Crippen molar-refractivity contribution in [2.75, 3.05) is 12.3 Å². The van der Waals surface area contributed by atoms with Crippen molar-refractivity contribution < 1.29 is 46.5 Å². The molecule has 47 heavy (non-hydrogen) atoms. The number of rotatable bonds is 14. The maximum absolute atomic E-state index is 14.2. The molecule has 3 N–H and O–H groups in total. The smallest absolute Gasteiger partial charge is 0.462 e. The van der Waals surface area contributed by atoms with Gasteiger partial charge in [0, 0.05) is 6.42 Å². The van der Waals surface area contributed by atoms with Crippen LogP contribution in [0.25, 0.3) is 11.2 Å². The van der Waals surface area contributed by atoms with Gasteiger partial charge in [0.05, 0.1) is 12.4 Å². The number of anilines is 1. The van der Waals surface area contributed by atoms with Crippen LogP contribution in [-0.2, 0) is 32.8 Å². The van der Waals surface area contributed by atoms with Gasteiger partial charge in [0.15, 0.2) is 28.7 Å². The standard InChI is InChI=1S/C30H38FN6O9P/c1-7-20(8-2)43-29(39)44-22-15-23(37-17-33-24-25(32)34-28(31)35-26(24)37)45-30(22,9-3)16-41-47(40,46-21-13-11-10-12-14-21)36-19(6)27(38)42-18(4)5/h3,10-14,17-20,22-23H,7-8,15-16H2,1-2,4-6H3,(H,36,40)(H2,32,34,35)/t19-,22-,23+,30+,47-/m0/s1. The van der Waals surface area contributed by atoms with Crippen molar-refractivity contribution >= 4 is 36.9 Å². The molecule has 4 rings (SSSR count). The van der Waals surface area contributed by atoms with E-state index in [0.29, 0.717) is 12.8 Å². The van der Waals surface area contributed by atoms with E-state index < -0.39 is 68.7 Å². The molecule has 0 saturated carbocycles. The summed E-state index contributed by atoms with van der Waals surface area (Å²) >= 11 is 0. The molecule has 1 saturated heterocycles. The van der Waals surface area contributed by atoms with E-state index in [1.165, 1.54) is 30.0 Å². The van der Waals surface area contributed by atoms with Gasteiger partial charge in [-0.1, -0.05) is 38.0 Å². The highest BCUT2D eigenvalue weighted by molar-refractivity contribution is 7.52. The molecule has 254 valence electrons. The van der Waals surface area contributed by atoms with Crippen LogP contribution in [0.4, 0.5) is 15.0 Å². The van der Waals surface area contributed by atoms with Gasteiger partial charge in [-0.05, 0) is 45.7 Å². The molecule has 0 aliphatic carbocycles. The number of nitrogens with two attached hydrogens (primary N) is 1. The van der Waals surface area contributed by atoms with Crippen molar-refractivity contribution in [2.24, 2.45) is 0 Å². The number of carbonyl (C=O) groups excluding carboxylic acids is 2. The zero-order valence-electron chi connectivity index (χ0n) is 26.6. The number of carbonyl (C=O) groups is 2. The molecule has 1 fully saturated rings. The summed E-state index contributed by atoms with van der Waals surface area (Å²) in [4.78, 5) is 37.0. The van der Waals surface area contributed by atoms with Gasteiger partial charge in [-0.3, -0.25) is 13.9 Å². The van der Waals surface area contributed by atoms with E-state index >= 15 is 0 Å². The van der Waals surface area contributed by atoms with Crippen LogP contribution in [0.15, 0.2) is 36.7 Å². The number of aromatic nitrogens is 4. The first-order valence-electron chi connectivity index (χ1n) is 15.0. The zero-order chi connectivity index (χ0) is 34.4. The van der Waals surface area contributed by atoms with Crippen molar-refractivity contribution in [1.29, 1.82) is 0 Å². The van der Waals surface area contributed by atoms with Crippen LogP contribution in [0.5, 0.6) is 5.75 Å². The summed E-state index contributed by atoms with van der Waals surface area (Å²) in [5, 5.41) is 2.58. The Morgan fingerprint density at radius 3 is 2.55 bits per heavy atom. The number of para-hydroxylation sites is 1. The van der Waals surface area contributed by atoms with E-state index in [9.17, 15) is 18.5 Å². The molecule has 0 radical (unpaired) electrons. The molecule has 1 aliphatic heterocycles. The second-order valence-electron chi connectivity index (χ2n) is 11.0. The van der Waals surface area contributed by atoms with Gasteiger partial charge in [0.2, 0.25) is 0 Å². The molecule has 0 unspecified atom stereocenters. The molecular formula is C30H38FN6O9P. The minimum Gasteiger partial charge on any atom is -0.462 e. The topological polar surface area (TPSA) is 188 Å². The number of hydrogen-bond donors (Lipinski definition) is 2. The second kappa shape index (κ2) is 15.1. The lowest BCUT2D eigenvalue weighted by Gasteiger charge is -2.31. The Bertz CT molecular complexity index is 1650. The first-order chi connectivity index (χ1) is 22.3. The Morgan fingerprint density at radius 2 is 1.91 bits per heavy atom. The quantitative estimate of drug-likeness (QED) is 0.104. The first kappa shape index (κ1) is 35.6. The first-order valence-corrected chi connectivity index (χ1v) is 16.5. The second-order valence-corrected chi connectivity index (χ2v) is 12.7. The monoisotopic (exact) mass is 676 g/mol. The van der Waals surface area contributed by atoms with Gasteiger partial charge in [0.25, 0.3) is 0 Å². The van der Waals surface area contributed by atoms with Crippen LogP contribution in [0.2, 0.25) is 0 Å². The average molecular weight is 677 g/mol. The van der Waals surface area contributed by atoms with Crippen LogP contribution in [0.3, 0.4) is 0 Å². The largest absolute Gasteiger partial charge is 0.508 e. The Kier molecular flexibility index (Phi) is 11.4. The van der Waals surface area contributed by atoms with E-state index in [1.54, 1.807) is 32.0 Å². The summed E-state index contributed by atoms with van der Waals surface area (Å²) in [5.41, 5.74) is 4.01. The predicted octanol–water partition coefficient (Wildman–Crippen LogP) is 4.68. The molecule has 0 amide bonds. The Balaban J connectivity index is 1.67. The fourth-order valence-corrected chi connectivity index (χ4v) is 6.24. The maximum Gasteiger partial charge on any atom is 0.508 e. The van der Waals surface area contributed by atoms with Gasteiger partial charge < -0.3 is 29.2 Å². The summed E-state index contributed by atoms with van der Waals surface area (Å²) in [5.74, 6) is 1.71. The van der Waals surface area contributed by atoms with Crippen LogP contribution < -0.4 is 15.3 Å². The van der Waals surface area contributed by atoms with Crippen molar-refractivity contribution in [3.63, 3.8) is 0 Å². The van der Waals surface area contributed by atoms with Crippen LogP contribution in [0, 0.1) is 18.4 Å². The normalized spacial score (nSPS) is 21.3. The summed E-state index contributed by atoms with van der Waals surface area (Å²) in [6.07, 6.45) is 2.97. The van der Waals surface area contributed by atoms with Crippen molar-refractivity contribution in [3.05, 3.63) is 42.7 Å². The molecule has 3 aromatic rings. The van der Waals surface area contributed by atoms with E-state index in [4.69, 9.17) is 40.2 Å². The van der Waals surface area contributed by atoms with Crippen molar-refractivity contribution in [3.8, 4) is 18.1 Å². The number of imidazole rings is 1. The van der Waals surface area contributed by atoms with Crippen LogP contribution in [0.1, 0.15) is 60.1 Å². The number of nitrogen functional groups attached to an aromatic ring is 1. The number of nitrogens with one attached hydrogen (secondary N) is 1. The highest BCUT2D eigenvalue weighted by atomic mass is 31.2. The predicted molar refractivity (Wildman–Crippen MR) is 166 cm³/mol. The van der Waals surface area contributed by atoms with E-state index in [-0.39, 0.29) is 29.2 Å². The number of halogens is 1. The summed E-state index contributed by atoms with van der Waals surface area (Å²) in [7, 11) is -4.43. The highest BCUT2D eigenvalue weighted by Gasteiger charge is 2.53. The average Bonchev–Trinajstić information content (AvgIpc) is 3.60. The fraction of sp³-hybridized carbons (Fsp3) is 0.500. The molecule has 1 aromatic carbocycles. The minimum atomic E-state index is -4.43. The molecule has 2 aromatic heterocycles. The Labute approximate surface area is 271 Å². The van der Waals surface area contributed by atoms with E-state index in [2.05, 4.69) is 26.0 Å². The van der Waals surface area contributed by atoms with Gasteiger partial charge >= 0.3 is 25.9 Å². The number of benzene rings is 1. The molecule has 15 nitrogen and oxygen atoms in total. The van der Waals surface area contributed by atoms with Gasteiger partial charge in [-0.25, -0.2) is 14.3 Å². The summed E-state index contributed by atoms with van der Waals surface area (Å²) in [6, 6.07) is 6.93. The molecule has 0 bridgehead atoms. The summed E-state index contributed by atoms with van der Waals surface area (Å²) < 4.78 is 63.9. The Hall–Kier alpha value is -4.29. The molecule has 0 spiro atoms. The number of fused-ring (bicyclic) bond motifs is 1. The van der Waals surface area contributed by atoms with Gasteiger partial charge in [0.1, 0.15) is 30.7 Å². The van der Waals surface area contributed by atoms with Crippen molar-refractivity contribution in [2.45, 2.75) is 90.1 Å². The molecular weight excluding hydrogens is 638 g/mol. The number of ether oxygens (including phenoxy) is 4. The fourth-order valence-electron chi connectivity index (χ4n) is 4.72. The number of esters is 1. The van der Waals surface area contributed by atoms with Crippen molar-refractivity contribution in [1.82, 2.24) is 24.6 Å². The number of terminal acetylenes is 1. The zero-order valence-corrected chi connectivity index (χ0v) is 27.5. The molecule has 5 atom stereocenters. The third kappa shape index (κ3) is 8.55. The van der Waals surface area contributed by atoms with Gasteiger partial charge in [-0.15, -0.1) is 6.42 Å². The van der Waals surface area contributed by atoms with Gasteiger partial charge in [-0.2, -0.15) is 19.4 Å². The maximum atomic E-state index is 14.2. The number of hydrogen-bond acceptors (Lipinski definition) is 13. The number of nitrogens with zero attached hydrogens (tertiary/aromatic N) is 4. The van der Waals surface area contributed by atoms with Crippen LogP contribution >= 0.6 is 7.75 Å². The molecule has 17 heteroatoms. The van der Waals surface area contributed by atoms with E-state index in [1.807, 2.05) is 13.8 Å². The summed E-state index contributed by atoms with van der Waals surface area (Å²) in [6.45, 7) is 7.77. The molecule has 3 heterocycles.